The van der Waals surface area contributed by atoms with E-state index in [4.69, 9.17) is 9.15 Å². The van der Waals surface area contributed by atoms with Crippen LogP contribution in [0.2, 0.25) is 0 Å². The lowest BCUT2D eigenvalue weighted by Crippen LogP contribution is -2.44. The Bertz CT molecular complexity index is 732. The van der Waals surface area contributed by atoms with E-state index in [0.29, 0.717) is 31.3 Å². The number of hydrogen-bond acceptors (Lipinski definition) is 6. The summed E-state index contributed by atoms with van der Waals surface area (Å²) in [5.41, 5.74) is 1.34. The fourth-order valence-corrected chi connectivity index (χ4v) is 2.85. The molecular weight excluding hydrogens is 324 g/mol. The summed E-state index contributed by atoms with van der Waals surface area (Å²) in [6, 6.07) is 6.92. The molecule has 3 rings (SSSR count). The summed E-state index contributed by atoms with van der Waals surface area (Å²) in [5.74, 6) is -0.112. The molecule has 25 heavy (non-hydrogen) atoms. The second kappa shape index (κ2) is 7.78. The van der Waals surface area contributed by atoms with Gasteiger partial charge in [-0.15, -0.1) is 10.2 Å². The Balaban J connectivity index is 1.64. The minimum Gasteiger partial charge on any atom is -0.466 e. The number of carbonyl (C=O) groups is 2. The normalized spacial score (nSPS) is 17.2. The van der Waals surface area contributed by atoms with Crippen molar-refractivity contribution in [3.05, 3.63) is 30.7 Å². The van der Waals surface area contributed by atoms with E-state index >= 15 is 0 Å². The molecule has 8 heteroatoms. The van der Waals surface area contributed by atoms with E-state index in [1.165, 1.54) is 6.39 Å². The second-order valence-corrected chi connectivity index (χ2v) is 5.79. The van der Waals surface area contributed by atoms with Crippen molar-refractivity contribution in [2.24, 2.45) is 5.92 Å². The SMILES string of the molecule is CCOC(=O)[C@@H]1CCCN(C(=O)Nc2cccc(-c3nnco3)c2)C1. The fourth-order valence-electron chi connectivity index (χ4n) is 2.85. The maximum Gasteiger partial charge on any atom is 0.321 e. The van der Waals surface area contributed by atoms with E-state index in [1.807, 2.05) is 6.07 Å². The number of anilines is 1. The summed E-state index contributed by atoms with van der Waals surface area (Å²) >= 11 is 0. The van der Waals surface area contributed by atoms with Crippen LogP contribution < -0.4 is 5.32 Å². The van der Waals surface area contributed by atoms with Gasteiger partial charge in [0.05, 0.1) is 12.5 Å². The summed E-state index contributed by atoms with van der Waals surface area (Å²) in [5, 5.41) is 10.3. The molecule has 2 heterocycles. The van der Waals surface area contributed by atoms with Gasteiger partial charge in [0.15, 0.2) is 0 Å². The summed E-state index contributed by atoms with van der Waals surface area (Å²) in [4.78, 5) is 26.0. The van der Waals surface area contributed by atoms with Crippen molar-refractivity contribution >= 4 is 17.7 Å². The average molecular weight is 344 g/mol. The number of carbonyl (C=O) groups excluding carboxylic acids is 2. The van der Waals surface area contributed by atoms with Gasteiger partial charge < -0.3 is 19.4 Å². The Hall–Kier alpha value is -2.90. The molecule has 2 amide bonds. The number of ether oxygens (including phenoxy) is 1. The molecule has 1 atom stereocenters. The first kappa shape index (κ1) is 16.9. The lowest BCUT2D eigenvalue weighted by atomic mass is 9.98. The number of amides is 2. The molecule has 0 aliphatic carbocycles. The number of nitrogens with zero attached hydrogens (tertiary/aromatic N) is 3. The zero-order valence-electron chi connectivity index (χ0n) is 14.0. The summed E-state index contributed by atoms with van der Waals surface area (Å²) in [6.45, 7) is 3.12. The Morgan fingerprint density at radius 1 is 1.44 bits per heavy atom. The molecule has 2 aromatic rings. The molecule has 0 saturated carbocycles. The second-order valence-electron chi connectivity index (χ2n) is 5.79. The molecule has 0 unspecified atom stereocenters. The van der Waals surface area contributed by atoms with Crippen molar-refractivity contribution in [1.82, 2.24) is 15.1 Å². The van der Waals surface area contributed by atoms with Gasteiger partial charge in [-0.05, 0) is 38.0 Å². The number of nitrogens with one attached hydrogen (secondary N) is 1. The van der Waals surface area contributed by atoms with E-state index in [1.54, 1.807) is 30.0 Å². The molecule has 1 fully saturated rings. The molecule has 0 spiro atoms. The molecule has 132 valence electrons. The van der Waals surface area contributed by atoms with Crippen molar-refractivity contribution in [2.45, 2.75) is 19.8 Å². The number of benzene rings is 1. The molecule has 0 radical (unpaired) electrons. The first-order valence-electron chi connectivity index (χ1n) is 8.26. The fraction of sp³-hybridized carbons (Fsp3) is 0.412. The molecule has 1 N–H and O–H groups in total. The van der Waals surface area contributed by atoms with Crippen LogP contribution in [0, 0.1) is 5.92 Å². The standard InChI is InChI=1S/C17H20N4O4/c1-2-24-16(22)13-6-4-8-21(10-13)17(23)19-14-7-3-5-12(9-14)15-20-18-11-25-15/h3,5,7,9,11,13H,2,4,6,8,10H2,1H3,(H,19,23)/t13-/m1/s1. The van der Waals surface area contributed by atoms with Crippen LogP contribution in [0.5, 0.6) is 0 Å². The maximum atomic E-state index is 12.5. The highest BCUT2D eigenvalue weighted by atomic mass is 16.5. The van der Waals surface area contributed by atoms with Crippen molar-refractivity contribution < 1.29 is 18.7 Å². The van der Waals surface area contributed by atoms with Crippen LogP contribution in [0.25, 0.3) is 11.5 Å². The van der Waals surface area contributed by atoms with Gasteiger partial charge in [0.25, 0.3) is 0 Å². The van der Waals surface area contributed by atoms with Crippen LogP contribution in [0.3, 0.4) is 0 Å². The van der Waals surface area contributed by atoms with Crippen LogP contribution in [0.1, 0.15) is 19.8 Å². The molecule has 0 bridgehead atoms. The minimum atomic E-state index is -0.260. The van der Waals surface area contributed by atoms with Gasteiger partial charge in [0, 0.05) is 24.3 Å². The average Bonchev–Trinajstić information content (AvgIpc) is 3.17. The Morgan fingerprint density at radius 2 is 2.32 bits per heavy atom. The van der Waals surface area contributed by atoms with E-state index in [-0.39, 0.29) is 17.9 Å². The predicted octanol–water partition coefficient (Wildman–Crippen LogP) is 2.54. The lowest BCUT2D eigenvalue weighted by Gasteiger charge is -2.31. The van der Waals surface area contributed by atoms with Crippen molar-refractivity contribution in [3.63, 3.8) is 0 Å². The smallest absolute Gasteiger partial charge is 0.321 e. The summed E-state index contributed by atoms with van der Waals surface area (Å²) in [7, 11) is 0. The molecule has 8 nitrogen and oxygen atoms in total. The lowest BCUT2D eigenvalue weighted by molar-refractivity contribution is -0.149. The third-order valence-electron chi connectivity index (χ3n) is 4.05. The molecule has 1 aliphatic heterocycles. The van der Waals surface area contributed by atoms with E-state index in [0.717, 1.165) is 18.4 Å². The molecule has 1 aromatic carbocycles. The third kappa shape index (κ3) is 4.14. The van der Waals surface area contributed by atoms with Gasteiger partial charge >= 0.3 is 12.0 Å². The Morgan fingerprint density at radius 3 is 3.08 bits per heavy atom. The molecule has 1 aliphatic rings. The molecular formula is C17H20N4O4. The van der Waals surface area contributed by atoms with E-state index < -0.39 is 0 Å². The van der Waals surface area contributed by atoms with Gasteiger partial charge in [-0.1, -0.05) is 6.07 Å². The zero-order valence-corrected chi connectivity index (χ0v) is 14.0. The first-order chi connectivity index (χ1) is 12.2. The van der Waals surface area contributed by atoms with Crippen molar-refractivity contribution in [3.8, 4) is 11.5 Å². The largest absolute Gasteiger partial charge is 0.466 e. The number of piperidine rings is 1. The van der Waals surface area contributed by atoms with Gasteiger partial charge in [-0.3, -0.25) is 4.79 Å². The van der Waals surface area contributed by atoms with Gasteiger partial charge in [0.1, 0.15) is 0 Å². The van der Waals surface area contributed by atoms with Crippen LogP contribution >= 0.6 is 0 Å². The first-order valence-corrected chi connectivity index (χ1v) is 8.26. The van der Waals surface area contributed by atoms with Gasteiger partial charge in [-0.25, -0.2) is 4.79 Å². The highest BCUT2D eigenvalue weighted by Crippen LogP contribution is 2.22. The number of esters is 1. The quantitative estimate of drug-likeness (QED) is 0.856. The monoisotopic (exact) mass is 344 g/mol. The van der Waals surface area contributed by atoms with Crippen molar-refractivity contribution in [2.75, 3.05) is 25.0 Å². The number of aromatic nitrogens is 2. The molecule has 1 aromatic heterocycles. The zero-order chi connectivity index (χ0) is 17.6. The van der Waals surface area contributed by atoms with Gasteiger partial charge in [0.2, 0.25) is 12.3 Å². The Kier molecular flexibility index (Phi) is 5.27. The number of rotatable bonds is 4. The highest BCUT2D eigenvalue weighted by molar-refractivity contribution is 5.90. The molecule has 1 saturated heterocycles. The summed E-state index contributed by atoms with van der Waals surface area (Å²) < 4.78 is 10.2. The summed E-state index contributed by atoms with van der Waals surface area (Å²) in [6.07, 6.45) is 2.78. The number of hydrogen-bond donors (Lipinski definition) is 1. The van der Waals surface area contributed by atoms with Gasteiger partial charge in [-0.2, -0.15) is 0 Å². The third-order valence-corrected chi connectivity index (χ3v) is 4.05. The number of urea groups is 1. The number of likely N-dealkylation sites (tertiary alicyclic amines) is 1. The van der Waals surface area contributed by atoms with Crippen LogP contribution in [0.4, 0.5) is 10.5 Å². The Labute approximate surface area is 145 Å². The maximum absolute atomic E-state index is 12.5. The van der Waals surface area contributed by atoms with Crippen LogP contribution in [-0.4, -0.2) is 46.8 Å². The van der Waals surface area contributed by atoms with E-state index in [9.17, 15) is 9.59 Å². The highest BCUT2D eigenvalue weighted by Gasteiger charge is 2.29. The van der Waals surface area contributed by atoms with E-state index in [2.05, 4.69) is 15.5 Å². The minimum absolute atomic E-state index is 0.238. The van der Waals surface area contributed by atoms with Crippen molar-refractivity contribution in [1.29, 1.82) is 0 Å². The topological polar surface area (TPSA) is 97.6 Å². The van der Waals surface area contributed by atoms with Crippen LogP contribution in [-0.2, 0) is 9.53 Å². The predicted molar refractivity (Wildman–Crippen MR) is 89.7 cm³/mol. The van der Waals surface area contributed by atoms with Crippen LogP contribution in [0.15, 0.2) is 35.1 Å².